The molecule has 0 radical (unpaired) electrons. The average molecular weight is 399 g/mol. The van der Waals surface area contributed by atoms with E-state index in [1.807, 2.05) is 0 Å². The molecule has 1 aliphatic heterocycles. The zero-order valence-electron chi connectivity index (χ0n) is 16.0. The highest BCUT2D eigenvalue weighted by molar-refractivity contribution is 7.80. The maximum atomic E-state index is 10.4. The molecule has 2 unspecified atom stereocenters. The molecule has 1 heterocycles. The van der Waals surface area contributed by atoms with E-state index in [2.05, 4.69) is 11.1 Å². The van der Waals surface area contributed by atoms with E-state index < -0.39 is 16.2 Å². The van der Waals surface area contributed by atoms with Crippen molar-refractivity contribution in [2.45, 2.75) is 70.7 Å². The summed E-state index contributed by atoms with van der Waals surface area (Å²) in [7, 11) is -4.43. The molecule has 0 aromatic carbocycles. The first-order valence-electron chi connectivity index (χ1n) is 9.44. The van der Waals surface area contributed by atoms with Crippen LogP contribution in [0.5, 0.6) is 0 Å². The van der Waals surface area contributed by atoms with Crippen molar-refractivity contribution < 1.29 is 36.1 Å². The van der Waals surface area contributed by atoms with E-state index in [0.717, 1.165) is 13.0 Å². The van der Waals surface area contributed by atoms with Crippen molar-refractivity contribution in [3.63, 3.8) is 0 Å². The first-order chi connectivity index (χ1) is 12.3. The summed E-state index contributed by atoms with van der Waals surface area (Å²) in [6.45, 7) is 5.49. The van der Waals surface area contributed by atoms with Gasteiger partial charge in [0, 0.05) is 6.61 Å². The summed E-state index contributed by atoms with van der Waals surface area (Å²) in [4.78, 5) is 0. The second-order valence-corrected chi connectivity index (χ2v) is 7.77. The van der Waals surface area contributed by atoms with Gasteiger partial charge in [-0.15, -0.1) is 0 Å². The minimum absolute atomic E-state index is 0.00151. The van der Waals surface area contributed by atoms with Gasteiger partial charge in [0.15, 0.2) is 5.79 Å². The number of ether oxygens (including phenoxy) is 4. The van der Waals surface area contributed by atoms with E-state index >= 15 is 0 Å². The van der Waals surface area contributed by atoms with Gasteiger partial charge in [-0.3, -0.25) is 4.55 Å². The van der Waals surface area contributed by atoms with Crippen molar-refractivity contribution >= 4 is 10.4 Å². The second-order valence-electron chi connectivity index (χ2n) is 6.68. The fourth-order valence-corrected chi connectivity index (χ4v) is 2.96. The van der Waals surface area contributed by atoms with Crippen molar-refractivity contribution in [3.05, 3.63) is 0 Å². The molecule has 0 aromatic rings. The van der Waals surface area contributed by atoms with Crippen molar-refractivity contribution in [3.8, 4) is 0 Å². The summed E-state index contributed by atoms with van der Waals surface area (Å²) in [5.41, 5.74) is 0. The summed E-state index contributed by atoms with van der Waals surface area (Å²) in [5.74, 6) is -0.884. The van der Waals surface area contributed by atoms with Crippen molar-refractivity contribution in [1.29, 1.82) is 0 Å². The van der Waals surface area contributed by atoms with Gasteiger partial charge in [0.05, 0.1) is 26.4 Å². The number of unbranched alkanes of at least 4 members (excludes halogenated alkanes) is 6. The topological polar surface area (TPSA) is 101 Å². The Morgan fingerprint density at radius 2 is 1.73 bits per heavy atom. The third kappa shape index (κ3) is 12.2. The Kier molecular flexibility index (Phi) is 11.9. The molecule has 0 aliphatic carbocycles. The Bertz CT molecular complexity index is 456. The monoisotopic (exact) mass is 398 g/mol. The highest BCUT2D eigenvalue weighted by atomic mass is 32.3. The molecule has 0 bridgehead atoms. The van der Waals surface area contributed by atoms with Gasteiger partial charge < -0.3 is 18.9 Å². The molecular weight excluding hydrogens is 364 g/mol. The molecule has 1 N–H and O–H groups in total. The van der Waals surface area contributed by atoms with E-state index in [-0.39, 0.29) is 25.9 Å². The third-order valence-electron chi connectivity index (χ3n) is 4.01. The van der Waals surface area contributed by atoms with Gasteiger partial charge in [-0.2, -0.15) is 8.42 Å². The van der Waals surface area contributed by atoms with Gasteiger partial charge in [-0.05, 0) is 13.3 Å². The minimum atomic E-state index is -4.43. The molecule has 156 valence electrons. The lowest BCUT2D eigenvalue weighted by Crippen LogP contribution is -2.34. The Hall–Kier alpha value is -0.290. The molecule has 26 heavy (non-hydrogen) atoms. The van der Waals surface area contributed by atoms with Crippen LogP contribution in [-0.2, 0) is 33.5 Å². The maximum absolute atomic E-state index is 10.4. The van der Waals surface area contributed by atoms with Gasteiger partial charge in [-0.25, -0.2) is 4.18 Å². The predicted molar refractivity (Wildman–Crippen MR) is 96.4 cm³/mol. The number of hydrogen-bond donors (Lipinski definition) is 1. The van der Waals surface area contributed by atoms with Crippen LogP contribution in [0.15, 0.2) is 0 Å². The van der Waals surface area contributed by atoms with E-state index in [9.17, 15) is 8.42 Å². The Labute approximate surface area is 157 Å². The normalized spacial score (nSPS) is 23.6. The zero-order chi connectivity index (χ0) is 19.3. The van der Waals surface area contributed by atoms with Gasteiger partial charge in [-0.1, -0.05) is 45.4 Å². The number of hydrogen-bond acceptors (Lipinski definition) is 7. The van der Waals surface area contributed by atoms with Crippen molar-refractivity contribution in [2.24, 2.45) is 0 Å². The van der Waals surface area contributed by atoms with Crippen LogP contribution >= 0.6 is 0 Å². The molecular formula is C17H34O8S. The lowest BCUT2D eigenvalue weighted by atomic mass is 10.1. The summed E-state index contributed by atoms with van der Waals surface area (Å²) in [6, 6.07) is 0. The fraction of sp³-hybridized carbons (Fsp3) is 1.00. The van der Waals surface area contributed by atoms with Crippen LogP contribution in [0, 0.1) is 0 Å². The van der Waals surface area contributed by atoms with Crippen molar-refractivity contribution in [1.82, 2.24) is 0 Å². The van der Waals surface area contributed by atoms with Gasteiger partial charge in [0.25, 0.3) is 0 Å². The van der Waals surface area contributed by atoms with Gasteiger partial charge >= 0.3 is 10.4 Å². The lowest BCUT2D eigenvalue weighted by molar-refractivity contribution is -0.194. The summed E-state index contributed by atoms with van der Waals surface area (Å²) >= 11 is 0. The molecule has 1 fully saturated rings. The largest absolute Gasteiger partial charge is 0.397 e. The molecule has 1 saturated heterocycles. The molecule has 0 saturated carbocycles. The molecule has 0 spiro atoms. The average Bonchev–Trinajstić information content (AvgIpc) is 2.93. The van der Waals surface area contributed by atoms with Crippen LogP contribution in [0.4, 0.5) is 0 Å². The third-order valence-corrected chi connectivity index (χ3v) is 4.48. The van der Waals surface area contributed by atoms with Gasteiger partial charge in [0.1, 0.15) is 12.7 Å². The summed E-state index contributed by atoms with van der Waals surface area (Å²) < 4.78 is 55.7. The van der Waals surface area contributed by atoms with E-state index in [1.165, 1.54) is 38.5 Å². The highest BCUT2D eigenvalue weighted by Gasteiger charge is 2.37. The Balaban J connectivity index is 1.99. The molecule has 9 heteroatoms. The quantitative estimate of drug-likeness (QED) is 0.313. The Morgan fingerprint density at radius 3 is 2.42 bits per heavy atom. The maximum Gasteiger partial charge on any atom is 0.397 e. The van der Waals surface area contributed by atoms with Crippen LogP contribution in [-0.4, -0.2) is 64.5 Å². The van der Waals surface area contributed by atoms with Crippen LogP contribution in [0.2, 0.25) is 0 Å². The molecule has 2 atom stereocenters. The smallest absolute Gasteiger partial charge is 0.379 e. The van der Waals surface area contributed by atoms with Crippen LogP contribution in [0.1, 0.15) is 58.8 Å². The Morgan fingerprint density at radius 1 is 1.04 bits per heavy atom. The predicted octanol–water partition coefficient (Wildman–Crippen LogP) is 2.72. The van der Waals surface area contributed by atoms with E-state index in [1.54, 1.807) is 6.92 Å². The highest BCUT2D eigenvalue weighted by Crippen LogP contribution is 2.24. The summed E-state index contributed by atoms with van der Waals surface area (Å²) in [6.07, 6.45) is 8.62. The van der Waals surface area contributed by atoms with Crippen LogP contribution in [0.3, 0.4) is 0 Å². The minimum Gasteiger partial charge on any atom is -0.379 e. The van der Waals surface area contributed by atoms with E-state index in [0.29, 0.717) is 13.2 Å². The first kappa shape index (κ1) is 23.7. The molecule has 1 rings (SSSR count). The lowest BCUT2D eigenvalue weighted by Gasteiger charge is -2.23. The van der Waals surface area contributed by atoms with E-state index in [4.69, 9.17) is 23.5 Å². The van der Waals surface area contributed by atoms with Gasteiger partial charge in [0.2, 0.25) is 0 Å². The SMILES string of the molecule is CCCCCCCCCOCC1COC(C)(COCCOS(=O)(=O)O)O1. The fourth-order valence-electron chi connectivity index (χ4n) is 2.68. The molecule has 8 nitrogen and oxygen atoms in total. The standard InChI is InChI=1S/C17H34O8S/c1-3-4-5-6-7-8-9-10-21-13-16-14-23-17(2,25-16)15-22-11-12-24-26(18,19)20/h16H,3-15H2,1-2H3,(H,18,19,20). The molecule has 1 aliphatic rings. The summed E-state index contributed by atoms with van der Waals surface area (Å²) in [5, 5.41) is 0. The van der Waals surface area contributed by atoms with Crippen LogP contribution < -0.4 is 0 Å². The number of rotatable bonds is 16. The zero-order valence-corrected chi connectivity index (χ0v) is 16.8. The molecule has 0 aromatic heterocycles. The first-order valence-corrected chi connectivity index (χ1v) is 10.8. The van der Waals surface area contributed by atoms with Crippen LogP contribution in [0.25, 0.3) is 0 Å². The van der Waals surface area contributed by atoms with Crippen molar-refractivity contribution in [2.75, 3.05) is 39.6 Å². The second kappa shape index (κ2) is 13.0. The molecule has 0 amide bonds.